The van der Waals surface area contributed by atoms with E-state index in [1.54, 1.807) is 0 Å². The highest BCUT2D eigenvalue weighted by Gasteiger charge is 2.14. The lowest BCUT2D eigenvalue weighted by atomic mass is 9.91. The number of aryl methyl sites for hydroxylation is 2. The van der Waals surface area contributed by atoms with Crippen molar-refractivity contribution in [1.82, 2.24) is 5.32 Å². The van der Waals surface area contributed by atoms with Crippen molar-refractivity contribution in [3.8, 4) is 5.75 Å². The van der Waals surface area contributed by atoms with E-state index in [1.165, 1.54) is 35.1 Å². The van der Waals surface area contributed by atoms with E-state index in [1.807, 2.05) is 23.9 Å². The van der Waals surface area contributed by atoms with Crippen LogP contribution in [0.1, 0.15) is 35.1 Å². The molecule has 0 radical (unpaired) electrons. The second-order valence-corrected chi connectivity index (χ2v) is 7.82. The van der Waals surface area contributed by atoms with Gasteiger partial charge in [-0.3, -0.25) is 4.79 Å². The lowest BCUT2D eigenvalue weighted by molar-refractivity contribution is -0.122. The number of nitrogens with one attached hydrogen (secondary N) is 1. The van der Waals surface area contributed by atoms with Crippen LogP contribution in [0.5, 0.6) is 5.75 Å². The summed E-state index contributed by atoms with van der Waals surface area (Å²) in [6.45, 7) is 2.90. The van der Waals surface area contributed by atoms with Crippen molar-refractivity contribution in [3.05, 3.63) is 64.7 Å². The topological polar surface area (TPSA) is 38.3 Å². The summed E-state index contributed by atoms with van der Waals surface area (Å²) in [4.78, 5) is 12.0. The second kappa shape index (κ2) is 9.67. The largest absolute Gasteiger partial charge is 0.483 e. The summed E-state index contributed by atoms with van der Waals surface area (Å²) >= 11 is 1.84. The van der Waals surface area contributed by atoms with E-state index in [4.69, 9.17) is 4.74 Å². The van der Waals surface area contributed by atoms with Gasteiger partial charge in [0.1, 0.15) is 5.75 Å². The van der Waals surface area contributed by atoms with Crippen molar-refractivity contribution < 1.29 is 9.53 Å². The number of amides is 1. The first kappa shape index (κ1) is 18.8. The number of hydrogen-bond donors (Lipinski definition) is 1. The normalized spacial score (nSPS) is 13.1. The minimum atomic E-state index is -0.0464. The number of carbonyl (C=O) groups is 1. The van der Waals surface area contributed by atoms with E-state index < -0.39 is 0 Å². The molecule has 1 amide bonds. The number of fused-ring (bicyclic) bond motifs is 1. The van der Waals surface area contributed by atoms with Gasteiger partial charge >= 0.3 is 0 Å². The zero-order valence-electron chi connectivity index (χ0n) is 15.4. The Hall–Kier alpha value is -1.94. The molecule has 2 aromatic rings. The van der Waals surface area contributed by atoms with Crippen molar-refractivity contribution in [3.63, 3.8) is 0 Å². The number of thioether (sulfide) groups is 1. The third-order valence-electron chi connectivity index (χ3n) is 4.80. The molecule has 1 aliphatic rings. The fourth-order valence-electron chi connectivity index (χ4n) is 3.29. The predicted octanol–water partition coefficient (Wildman–Crippen LogP) is 4.30. The number of hydrogen-bond acceptors (Lipinski definition) is 3. The zero-order valence-corrected chi connectivity index (χ0v) is 16.2. The summed E-state index contributed by atoms with van der Waals surface area (Å²) in [6, 6.07) is 14.6. The maximum atomic E-state index is 12.0. The molecule has 0 heterocycles. The molecule has 0 aliphatic heterocycles. The van der Waals surface area contributed by atoms with Gasteiger partial charge in [-0.2, -0.15) is 11.8 Å². The molecule has 3 rings (SSSR count). The second-order valence-electron chi connectivity index (χ2n) is 6.72. The van der Waals surface area contributed by atoms with Gasteiger partial charge in [-0.1, -0.05) is 36.4 Å². The van der Waals surface area contributed by atoms with Gasteiger partial charge < -0.3 is 10.1 Å². The van der Waals surface area contributed by atoms with Gasteiger partial charge in [0, 0.05) is 18.1 Å². The van der Waals surface area contributed by atoms with E-state index in [0.717, 1.165) is 30.1 Å². The van der Waals surface area contributed by atoms with Crippen molar-refractivity contribution in [2.75, 3.05) is 18.9 Å². The number of ether oxygens (including phenoxy) is 1. The molecule has 26 heavy (non-hydrogen) atoms. The quantitative estimate of drug-likeness (QED) is 0.705. The van der Waals surface area contributed by atoms with Gasteiger partial charge in [-0.05, 0) is 60.9 Å². The molecule has 0 bridgehead atoms. The number of benzene rings is 2. The Morgan fingerprint density at radius 3 is 2.85 bits per heavy atom. The molecule has 0 saturated carbocycles. The van der Waals surface area contributed by atoms with Gasteiger partial charge in [-0.15, -0.1) is 0 Å². The third kappa shape index (κ3) is 5.28. The first-order valence-electron chi connectivity index (χ1n) is 9.36. The molecule has 1 N–H and O–H groups in total. The van der Waals surface area contributed by atoms with Crippen LogP contribution in [0.4, 0.5) is 0 Å². The molecule has 0 aromatic heterocycles. The van der Waals surface area contributed by atoms with Gasteiger partial charge in [0.15, 0.2) is 6.61 Å². The monoisotopic (exact) mass is 369 g/mol. The molecule has 0 atom stereocenters. The minimum Gasteiger partial charge on any atom is -0.483 e. The highest BCUT2D eigenvalue weighted by Crippen LogP contribution is 2.29. The van der Waals surface area contributed by atoms with Crippen molar-refractivity contribution in [1.29, 1.82) is 0 Å². The highest BCUT2D eigenvalue weighted by molar-refractivity contribution is 7.98. The van der Waals surface area contributed by atoms with E-state index in [2.05, 4.69) is 42.6 Å². The summed E-state index contributed by atoms with van der Waals surface area (Å²) in [5, 5.41) is 2.95. The fraction of sp³-hybridized carbons (Fsp3) is 0.409. The van der Waals surface area contributed by atoms with Crippen LogP contribution < -0.4 is 10.1 Å². The van der Waals surface area contributed by atoms with Crippen LogP contribution in [0.2, 0.25) is 0 Å². The minimum absolute atomic E-state index is 0.0464. The summed E-state index contributed by atoms with van der Waals surface area (Å²) in [5.74, 6) is 2.72. The van der Waals surface area contributed by atoms with Crippen LogP contribution in [-0.2, 0) is 23.4 Å². The van der Waals surface area contributed by atoms with Gasteiger partial charge in [0.25, 0.3) is 5.91 Å². The SMILES string of the molecule is Cc1ccccc1CSCCNC(=O)COc1cccc2c1CCCC2. The highest BCUT2D eigenvalue weighted by atomic mass is 32.2. The third-order valence-corrected chi connectivity index (χ3v) is 5.81. The molecule has 138 valence electrons. The molecule has 3 nitrogen and oxygen atoms in total. The summed E-state index contributed by atoms with van der Waals surface area (Å²) < 4.78 is 5.79. The van der Waals surface area contributed by atoms with E-state index >= 15 is 0 Å². The van der Waals surface area contributed by atoms with Crippen molar-refractivity contribution in [2.45, 2.75) is 38.4 Å². The predicted molar refractivity (Wildman–Crippen MR) is 109 cm³/mol. The van der Waals surface area contributed by atoms with Crippen LogP contribution >= 0.6 is 11.8 Å². The average Bonchev–Trinajstić information content (AvgIpc) is 2.67. The van der Waals surface area contributed by atoms with Gasteiger partial charge in [0.05, 0.1) is 0 Å². The maximum absolute atomic E-state index is 12.0. The molecule has 0 saturated heterocycles. The van der Waals surface area contributed by atoms with Crippen molar-refractivity contribution in [2.24, 2.45) is 0 Å². The molecule has 1 aliphatic carbocycles. The lowest BCUT2D eigenvalue weighted by Crippen LogP contribution is -2.30. The molecule has 0 spiro atoms. The Morgan fingerprint density at radius 1 is 1.12 bits per heavy atom. The smallest absolute Gasteiger partial charge is 0.257 e. The molecular weight excluding hydrogens is 342 g/mol. The fourth-order valence-corrected chi connectivity index (χ4v) is 4.23. The van der Waals surface area contributed by atoms with E-state index in [-0.39, 0.29) is 12.5 Å². The van der Waals surface area contributed by atoms with E-state index in [0.29, 0.717) is 6.54 Å². The first-order chi connectivity index (χ1) is 12.7. The number of carbonyl (C=O) groups excluding carboxylic acids is 1. The Labute approximate surface area is 160 Å². The van der Waals surface area contributed by atoms with Crippen LogP contribution in [0.3, 0.4) is 0 Å². The van der Waals surface area contributed by atoms with Crippen LogP contribution in [0.25, 0.3) is 0 Å². The van der Waals surface area contributed by atoms with Gasteiger partial charge in [0.2, 0.25) is 0 Å². The molecule has 0 unspecified atom stereocenters. The Bertz CT molecular complexity index is 745. The summed E-state index contributed by atoms with van der Waals surface area (Å²) in [5.41, 5.74) is 5.35. The summed E-state index contributed by atoms with van der Waals surface area (Å²) in [7, 11) is 0. The average molecular weight is 370 g/mol. The van der Waals surface area contributed by atoms with Crippen LogP contribution in [0, 0.1) is 6.92 Å². The van der Waals surface area contributed by atoms with Crippen LogP contribution in [-0.4, -0.2) is 24.8 Å². The Kier molecular flexibility index (Phi) is 7.01. The summed E-state index contributed by atoms with van der Waals surface area (Å²) in [6.07, 6.45) is 4.63. The van der Waals surface area contributed by atoms with Gasteiger partial charge in [-0.25, -0.2) is 0 Å². The van der Waals surface area contributed by atoms with Crippen LogP contribution in [0.15, 0.2) is 42.5 Å². The lowest BCUT2D eigenvalue weighted by Gasteiger charge is -2.19. The maximum Gasteiger partial charge on any atom is 0.257 e. The zero-order chi connectivity index (χ0) is 18.2. The van der Waals surface area contributed by atoms with Crippen molar-refractivity contribution >= 4 is 17.7 Å². The Morgan fingerprint density at radius 2 is 1.96 bits per heavy atom. The standard InChI is InChI=1S/C22H27NO2S/c1-17-7-2-3-9-19(17)16-26-14-13-23-22(24)15-25-21-12-6-10-18-8-4-5-11-20(18)21/h2-3,6-7,9-10,12H,4-5,8,11,13-16H2,1H3,(H,23,24). The van der Waals surface area contributed by atoms with E-state index in [9.17, 15) is 4.79 Å². The molecule has 4 heteroatoms. The Balaban J connectivity index is 1.35. The molecule has 2 aromatic carbocycles. The first-order valence-corrected chi connectivity index (χ1v) is 10.5. The molecular formula is C22H27NO2S. The number of rotatable bonds is 8. The molecule has 0 fully saturated rings.